The zero-order valence-electron chi connectivity index (χ0n) is 17.6. The average molecular weight is 420 g/mol. The van der Waals surface area contributed by atoms with Crippen molar-refractivity contribution in [3.8, 4) is 11.5 Å². The molecule has 0 saturated heterocycles. The number of hydrogen-bond donors (Lipinski definition) is 0. The Morgan fingerprint density at radius 2 is 1.13 bits per heavy atom. The van der Waals surface area contributed by atoms with E-state index in [9.17, 15) is 9.59 Å². The van der Waals surface area contributed by atoms with E-state index in [0.29, 0.717) is 58.2 Å². The van der Waals surface area contributed by atoms with Crippen LogP contribution >= 0.6 is 0 Å². The highest BCUT2D eigenvalue weighted by Crippen LogP contribution is 2.24. The van der Waals surface area contributed by atoms with Crippen molar-refractivity contribution in [1.82, 2.24) is 0 Å². The lowest BCUT2D eigenvalue weighted by Crippen LogP contribution is -2.06. The van der Waals surface area contributed by atoms with Crippen LogP contribution in [0.3, 0.4) is 0 Å². The number of aryl methyl sites for hydroxylation is 2. The first-order valence-electron chi connectivity index (χ1n) is 10.4. The van der Waals surface area contributed by atoms with Crippen LogP contribution in [0.1, 0.15) is 30.8 Å². The molecule has 0 unspecified atom stereocenters. The van der Waals surface area contributed by atoms with Gasteiger partial charge in [0.15, 0.2) is 10.9 Å². The maximum atomic E-state index is 12.3. The Hall–Kier alpha value is -3.54. The molecular formula is C25H24O6. The lowest BCUT2D eigenvalue weighted by Gasteiger charge is -2.10. The van der Waals surface area contributed by atoms with Crippen molar-refractivity contribution >= 4 is 21.9 Å². The molecule has 0 spiro atoms. The maximum absolute atomic E-state index is 12.3. The summed E-state index contributed by atoms with van der Waals surface area (Å²) in [7, 11) is 0. The lowest BCUT2D eigenvalue weighted by molar-refractivity contribution is 0.282. The number of ether oxygens (including phenoxy) is 2. The Balaban J connectivity index is 1.29. The Morgan fingerprint density at radius 1 is 0.677 bits per heavy atom. The lowest BCUT2D eigenvalue weighted by atomic mass is 10.2. The van der Waals surface area contributed by atoms with Crippen molar-refractivity contribution in [2.24, 2.45) is 0 Å². The number of hydrogen-bond acceptors (Lipinski definition) is 6. The summed E-state index contributed by atoms with van der Waals surface area (Å²) in [6, 6.07) is 13.7. The summed E-state index contributed by atoms with van der Waals surface area (Å²) in [6.45, 7) is 4.48. The van der Waals surface area contributed by atoms with Gasteiger partial charge in [-0.1, -0.05) is 12.1 Å². The highest BCUT2D eigenvalue weighted by molar-refractivity contribution is 5.84. The van der Waals surface area contributed by atoms with E-state index in [0.717, 1.165) is 19.3 Å². The third kappa shape index (κ3) is 4.63. The molecule has 4 aromatic rings. The van der Waals surface area contributed by atoms with Crippen LogP contribution in [-0.2, 0) is 0 Å². The van der Waals surface area contributed by atoms with Crippen LogP contribution in [0.25, 0.3) is 21.9 Å². The predicted molar refractivity (Wildman–Crippen MR) is 119 cm³/mol. The normalized spacial score (nSPS) is 11.2. The first-order valence-corrected chi connectivity index (χ1v) is 10.4. The fraction of sp³-hybridized carbons (Fsp3) is 0.280. The molecule has 0 aliphatic rings. The monoisotopic (exact) mass is 420 g/mol. The molecule has 4 rings (SSSR count). The van der Waals surface area contributed by atoms with Gasteiger partial charge in [0.2, 0.25) is 0 Å². The minimum Gasteiger partial charge on any atom is -0.493 e. The van der Waals surface area contributed by atoms with Gasteiger partial charge in [0, 0.05) is 12.1 Å². The largest absolute Gasteiger partial charge is 0.493 e. The van der Waals surface area contributed by atoms with Crippen molar-refractivity contribution in [3.05, 3.63) is 80.5 Å². The molecule has 160 valence electrons. The Bertz CT molecular complexity index is 1230. The van der Waals surface area contributed by atoms with E-state index in [1.54, 1.807) is 38.1 Å². The third-order valence-corrected chi connectivity index (χ3v) is 4.98. The van der Waals surface area contributed by atoms with E-state index in [1.807, 2.05) is 12.1 Å². The zero-order valence-corrected chi connectivity index (χ0v) is 17.6. The minimum atomic E-state index is -0.0995. The van der Waals surface area contributed by atoms with E-state index in [-0.39, 0.29) is 10.9 Å². The molecule has 0 atom stereocenters. The highest BCUT2D eigenvalue weighted by atomic mass is 16.5. The molecule has 0 N–H and O–H groups in total. The van der Waals surface area contributed by atoms with Crippen LogP contribution in [0.5, 0.6) is 11.5 Å². The average Bonchev–Trinajstić information content (AvgIpc) is 2.72. The molecule has 2 aromatic heterocycles. The summed E-state index contributed by atoms with van der Waals surface area (Å²) in [5, 5.41) is 0.947. The van der Waals surface area contributed by atoms with Crippen LogP contribution < -0.4 is 20.3 Å². The van der Waals surface area contributed by atoms with Gasteiger partial charge in [-0.3, -0.25) is 9.59 Å². The summed E-state index contributed by atoms with van der Waals surface area (Å²) in [5.41, 5.74) is 0.867. The molecule has 0 aliphatic heterocycles. The molecule has 0 saturated carbocycles. The fourth-order valence-electron chi connectivity index (χ4n) is 3.58. The van der Waals surface area contributed by atoms with E-state index in [1.165, 1.54) is 12.1 Å². The van der Waals surface area contributed by atoms with Gasteiger partial charge in [-0.25, -0.2) is 0 Å². The van der Waals surface area contributed by atoms with Crippen LogP contribution in [0.15, 0.2) is 67.0 Å². The fourth-order valence-corrected chi connectivity index (χ4v) is 3.58. The van der Waals surface area contributed by atoms with Gasteiger partial charge in [0.25, 0.3) is 0 Å². The second-order valence-corrected chi connectivity index (χ2v) is 7.46. The standard InChI is InChI=1S/C25H24O6/c1-16-14-18(26)24-20(8-6-10-22(24)30-16)28-12-4-3-5-13-29-21-9-7-11-23-25(21)19(27)15-17(2)31-23/h6-11,14-15H,3-5,12-13H2,1-2H3. The molecule has 0 bridgehead atoms. The van der Waals surface area contributed by atoms with Gasteiger partial charge in [0.1, 0.15) is 45.0 Å². The predicted octanol–water partition coefficient (Wildman–Crippen LogP) is 5.14. The summed E-state index contributed by atoms with van der Waals surface area (Å²) >= 11 is 0. The first kappa shape index (κ1) is 20.7. The van der Waals surface area contributed by atoms with Crippen LogP contribution in [-0.4, -0.2) is 13.2 Å². The molecule has 0 amide bonds. The Kier molecular flexibility index (Phi) is 6.07. The summed E-state index contributed by atoms with van der Waals surface area (Å²) < 4.78 is 22.9. The number of benzene rings is 2. The van der Waals surface area contributed by atoms with E-state index in [2.05, 4.69) is 0 Å². The molecule has 2 aromatic carbocycles. The van der Waals surface area contributed by atoms with Gasteiger partial charge < -0.3 is 18.3 Å². The minimum absolute atomic E-state index is 0.0995. The summed E-state index contributed by atoms with van der Waals surface area (Å²) in [6.07, 6.45) is 2.51. The number of unbranched alkanes of at least 4 members (excludes halogenated alkanes) is 2. The maximum Gasteiger partial charge on any atom is 0.196 e. The summed E-state index contributed by atoms with van der Waals surface area (Å²) in [4.78, 5) is 24.6. The van der Waals surface area contributed by atoms with Crippen LogP contribution in [0.2, 0.25) is 0 Å². The molecule has 6 nitrogen and oxygen atoms in total. The Labute approximate surface area is 179 Å². The van der Waals surface area contributed by atoms with Crippen molar-refractivity contribution in [3.63, 3.8) is 0 Å². The van der Waals surface area contributed by atoms with Crippen molar-refractivity contribution in [2.45, 2.75) is 33.1 Å². The molecule has 31 heavy (non-hydrogen) atoms. The van der Waals surface area contributed by atoms with Crippen molar-refractivity contribution < 1.29 is 18.3 Å². The van der Waals surface area contributed by atoms with Crippen molar-refractivity contribution in [2.75, 3.05) is 13.2 Å². The van der Waals surface area contributed by atoms with Crippen molar-refractivity contribution in [1.29, 1.82) is 0 Å². The quantitative estimate of drug-likeness (QED) is 0.367. The number of rotatable bonds is 8. The molecule has 2 heterocycles. The molecule has 0 fully saturated rings. The van der Waals surface area contributed by atoms with E-state index in [4.69, 9.17) is 18.3 Å². The van der Waals surface area contributed by atoms with Gasteiger partial charge >= 0.3 is 0 Å². The second kappa shape index (κ2) is 9.08. The summed E-state index contributed by atoms with van der Waals surface area (Å²) in [5.74, 6) is 2.24. The molecule has 6 heteroatoms. The van der Waals surface area contributed by atoms with E-state index >= 15 is 0 Å². The third-order valence-electron chi connectivity index (χ3n) is 4.98. The van der Waals surface area contributed by atoms with Gasteiger partial charge in [-0.05, 0) is 57.4 Å². The van der Waals surface area contributed by atoms with Gasteiger partial charge in [-0.15, -0.1) is 0 Å². The zero-order chi connectivity index (χ0) is 21.8. The van der Waals surface area contributed by atoms with E-state index < -0.39 is 0 Å². The Morgan fingerprint density at radius 3 is 1.58 bits per heavy atom. The van der Waals surface area contributed by atoms with Crippen LogP contribution in [0.4, 0.5) is 0 Å². The first-order chi connectivity index (χ1) is 15.0. The second-order valence-electron chi connectivity index (χ2n) is 7.46. The van der Waals surface area contributed by atoms with Gasteiger partial charge in [-0.2, -0.15) is 0 Å². The van der Waals surface area contributed by atoms with Crippen LogP contribution in [0, 0.1) is 13.8 Å². The highest BCUT2D eigenvalue weighted by Gasteiger charge is 2.10. The topological polar surface area (TPSA) is 78.9 Å². The molecule has 0 aliphatic carbocycles. The van der Waals surface area contributed by atoms with Gasteiger partial charge in [0.05, 0.1) is 13.2 Å². The SMILES string of the molecule is Cc1cc(=O)c2c(OCCCCCOc3cccc4oc(C)cc(=O)c34)cccc2o1. The number of fused-ring (bicyclic) bond motifs is 2. The smallest absolute Gasteiger partial charge is 0.196 e. The molecule has 0 radical (unpaired) electrons. The molecular weight excluding hydrogens is 396 g/mol.